The molecule has 6 heteroatoms. The Morgan fingerprint density at radius 3 is 2.38 bits per heavy atom. The number of anilines is 1. The Kier molecular flexibility index (Phi) is 5.63. The van der Waals surface area contributed by atoms with E-state index in [1.165, 1.54) is 6.92 Å². The Labute approximate surface area is 138 Å². The highest BCUT2D eigenvalue weighted by molar-refractivity contribution is 5.96. The standard InChI is InChI=1S/C18H17F2NO3/c1-3-17(22)12-4-7-14(8-5-12)24-11(2)18(23)21-16-9-6-13(19)10-15(16)20/h4-11H,3H2,1-2H3,(H,21,23). The quantitative estimate of drug-likeness (QED) is 0.814. The number of hydrogen-bond acceptors (Lipinski definition) is 3. The molecule has 1 N–H and O–H groups in total. The van der Waals surface area contributed by atoms with Crippen LogP contribution in [0.1, 0.15) is 30.6 Å². The summed E-state index contributed by atoms with van der Waals surface area (Å²) >= 11 is 0. The van der Waals surface area contributed by atoms with E-state index >= 15 is 0 Å². The van der Waals surface area contributed by atoms with Gasteiger partial charge < -0.3 is 10.1 Å². The maximum Gasteiger partial charge on any atom is 0.265 e. The first-order valence-corrected chi connectivity index (χ1v) is 7.46. The van der Waals surface area contributed by atoms with Crippen molar-refractivity contribution in [1.82, 2.24) is 0 Å². The summed E-state index contributed by atoms with van der Waals surface area (Å²) in [4.78, 5) is 23.6. The number of ketones is 1. The summed E-state index contributed by atoms with van der Waals surface area (Å²) in [5.41, 5.74) is 0.441. The summed E-state index contributed by atoms with van der Waals surface area (Å²) in [7, 11) is 0. The highest BCUT2D eigenvalue weighted by Gasteiger charge is 2.17. The summed E-state index contributed by atoms with van der Waals surface area (Å²) in [6.45, 7) is 3.27. The van der Waals surface area contributed by atoms with E-state index in [2.05, 4.69) is 5.32 Å². The van der Waals surface area contributed by atoms with E-state index in [9.17, 15) is 18.4 Å². The average molecular weight is 333 g/mol. The summed E-state index contributed by atoms with van der Waals surface area (Å²) in [5.74, 6) is -1.74. The minimum absolute atomic E-state index is 0.0131. The van der Waals surface area contributed by atoms with Crippen LogP contribution in [0, 0.1) is 11.6 Å². The van der Waals surface area contributed by atoms with Gasteiger partial charge in [0.15, 0.2) is 11.9 Å². The van der Waals surface area contributed by atoms with Crippen LogP contribution in [0.2, 0.25) is 0 Å². The second-order valence-electron chi connectivity index (χ2n) is 5.17. The van der Waals surface area contributed by atoms with Crippen molar-refractivity contribution in [2.75, 3.05) is 5.32 Å². The Bertz CT molecular complexity index is 744. The third-order valence-electron chi connectivity index (χ3n) is 3.37. The number of ether oxygens (including phenoxy) is 1. The Morgan fingerprint density at radius 2 is 1.79 bits per heavy atom. The number of benzene rings is 2. The minimum atomic E-state index is -0.901. The predicted octanol–water partition coefficient (Wildman–Crippen LogP) is 3.96. The van der Waals surface area contributed by atoms with Crippen molar-refractivity contribution < 1.29 is 23.1 Å². The molecule has 1 unspecified atom stereocenters. The van der Waals surface area contributed by atoms with Gasteiger partial charge in [0.05, 0.1) is 5.69 Å². The largest absolute Gasteiger partial charge is 0.481 e. The molecule has 0 saturated carbocycles. The normalized spacial score (nSPS) is 11.7. The Morgan fingerprint density at radius 1 is 1.12 bits per heavy atom. The number of carbonyl (C=O) groups is 2. The van der Waals surface area contributed by atoms with Crippen LogP contribution < -0.4 is 10.1 Å². The topological polar surface area (TPSA) is 55.4 Å². The van der Waals surface area contributed by atoms with Gasteiger partial charge in [-0.15, -0.1) is 0 Å². The van der Waals surface area contributed by atoms with Gasteiger partial charge in [-0.05, 0) is 43.3 Å². The molecule has 1 amide bonds. The van der Waals surface area contributed by atoms with Crippen molar-refractivity contribution in [2.45, 2.75) is 26.4 Å². The second-order valence-corrected chi connectivity index (χ2v) is 5.17. The lowest BCUT2D eigenvalue weighted by Crippen LogP contribution is -2.30. The lowest BCUT2D eigenvalue weighted by Gasteiger charge is -2.15. The second kappa shape index (κ2) is 7.68. The molecule has 1 atom stereocenters. The fraction of sp³-hybridized carbons (Fsp3) is 0.222. The first-order chi connectivity index (χ1) is 11.4. The third-order valence-corrected chi connectivity index (χ3v) is 3.37. The van der Waals surface area contributed by atoms with Gasteiger partial charge in [0.25, 0.3) is 5.91 Å². The molecule has 2 aromatic rings. The van der Waals surface area contributed by atoms with E-state index < -0.39 is 23.6 Å². The van der Waals surface area contributed by atoms with Crippen LogP contribution in [0.4, 0.5) is 14.5 Å². The molecule has 0 aliphatic rings. The number of Topliss-reactive ketones (excluding diaryl/α,β-unsaturated/α-hetero) is 1. The molecule has 0 bridgehead atoms. The number of rotatable bonds is 6. The van der Waals surface area contributed by atoms with Crippen LogP contribution in [0.5, 0.6) is 5.75 Å². The molecule has 0 fully saturated rings. The monoisotopic (exact) mass is 333 g/mol. The molecular weight excluding hydrogens is 316 g/mol. The Hall–Kier alpha value is -2.76. The zero-order chi connectivity index (χ0) is 17.7. The van der Waals surface area contributed by atoms with Crippen molar-refractivity contribution in [2.24, 2.45) is 0 Å². The zero-order valence-corrected chi connectivity index (χ0v) is 13.3. The van der Waals surface area contributed by atoms with Crippen LogP contribution in [0.25, 0.3) is 0 Å². The van der Waals surface area contributed by atoms with Gasteiger partial charge in [0.1, 0.15) is 17.4 Å². The van der Waals surface area contributed by atoms with Crippen molar-refractivity contribution in [1.29, 1.82) is 0 Å². The number of nitrogens with one attached hydrogen (secondary N) is 1. The molecule has 0 spiro atoms. The molecule has 0 saturated heterocycles. The summed E-state index contributed by atoms with van der Waals surface area (Å²) in [6.07, 6.45) is -0.496. The molecule has 0 aliphatic carbocycles. The van der Waals surface area contributed by atoms with Gasteiger partial charge in [0, 0.05) is 18.1 Å². The number of amides is 1. The fourth-order valence-corrected chi connectivity index (χ4v) is 2.01. The highest BCUT2D eigenvalue weighted by atomic mass is 19.1. The number of hydrogen-bond donors (Lipinski definition) is 1. The van der Waals surface area contributed by atoms with Gasteiger partial charge in [-0.3, -0.25) is 9.59 Å². The van der Waals surface area contributed by atoms with E-state index in [4.69, 9.17) is 4.74 Å². The molecule has 126 valence electrons. The summed E-state index contributed by atoms with van der Waals surface area (Å²) in [5, 5.41) is 2.34. The van der Waals surface area contributed by atoms with E-state index in [0.717, 1.165) is 12.1 Å². The van der Waals surface area contributed by atoms with Crippen molar-refractivity contribution in [3.05, 3.63) is 59.7 Å². The van der Waals surface area contributed by atoms with Crippen LogP contribution in [0.3, 0.4) is 0 Å². The number of halogens is 2. The van der Waals surface area contributed by atoms with Gasteiger partial charge in [-0.1, -0.05) is 6.92 Å². The van der Waals surface area contributed by atoms with Crippen LogP contribution in [0.15, 0.2) is 42.5 Å². The smallest absolute Gasteiger partial charge is 0.265 e. The summed E-state index contributed by atoms with van der Waals surface area (Å²) in [6, 6.07) is 9.28. The maximum absolute atomic E-state index is 13.5. The van der Waals surface area contributed by atoms with Crippen LogP contribution in [-0.4, -0.2) is 17.8 Å². The van der Waals surface area contributed by atoms with Crippen molar-refractivity contribution >= 4 is 17.4 Å². The average Bonchev–Trinajstić information content (AvgIpc) is 2.57. The van der Waals surface area contributed by atoms with E-state index in [1.54, 1.807) is 31.2 Å². The van der Waals surface area contributed by atoms with Gasteiger partial charge in [-0.25, -0.2) is 8.78 Å². The molecular formula is C18H17F2NO3. The molecule has 0 aliphatic heterocycles. The van der Waals surface area contributed by atoms with Crippen molar-refractivity contribution in [3.8, 4) is 5.75 Å². The first kappa shape index (κ1) is 17.6. The minimum Gasteiger partial charge on any atom is -0.481 e. The third kappa shape index (κ3) is 4.38. The predicted molar refractivity (Wildman–Crippen MR) is 86.1 cm³/mol. The molecule has 2 aromatic carbocycles. The maximum atomic E-state index is 13.5. The van der Waals surface area contributed by atoms with Gasteiger partial charge >= 0.3 is 0 Å². The van der Waals surface area contributed by atoms with Gasteiger partial charge in [0.2, 0.25) is 0 Å². The van der Waals surface area contributed by atoms with Gasteiger partial charge in [-0.2, -0.15) is 0 Å². The Balaban J connectivity index is 1.99. The van der Waals surface area contributed by atoms with Crippen LogP contribution >= 0.6 is 0 Å². The molecule has 4 nitrogen and oxygen atoms in total. The summed E-state index contributed by atoms with van der Waals surface area (Å²) < 4.78 is 31.8. The zero-order valence-electron chi connectivity index (χ0n) is 13.3. The lowest BCUT2D eigenvalue weighted by molar-refractivity contribution is -0.122. The highest BCUT2D eigenvalue weighted by Crippen LogP contribution is 2.18. The number of carbonyl (C=O) groups excluding carboxylic acids is 2. The van der Waals surface area contributed by atoms with E-state index in [1.807, 2.05) is 0 Å². The molecule has 24 heavy (non-hydrogen) atoms. The fourth-order valence-electron chi connectivity index (χ4n) is 2.01. The molecule has 0 aromatic heterocycles. The molecule has 0 radical (unpaired) electrons. The van der Waals surface area contributed by atoms with E-state index in [0.29, 0.717) is 23.8 Å². The lowest BCUT2D eigenvalue weighted by atomic mass is 10.1. The molecule has 2 rings (SSSR count). The molecule has 0 heterocycles. The first-order valence-electron chi connectivity index (χ1n) is 7.46. The van der Waals surface area contributed by atoms with E-state index in [-0.39, 0.29) is 11.5 Å². The van der Waals surface area contributed by atoms with Crippen LogP contribution in [-0.2, 0) is 4.79 Å². The van der Waals surface area contributed by atoms with Crippen molar-refractivity contribution in [3.63, 3.8) is 0 Å². The SMILES string of the molecule is CCC(=O)c1ccc(OC(C)C(=O)Nc2ccc(F)cc2F)cc1.